The van der Waals surface area contributed by atoms with Gasteiger partial charge in [-0.15, -0.1) is 0 Å². The highest BCUT2D eigenvalue weighted by Gasteiger charge is 1.99. The Hall–Kier alpha value is -0.980. The van der Waals surface area contributed by atoms with Crippen molar-refractivity contribution in [3.8, 4) is 0 Å². The topological polar surface area (TPSA) is 4.93 Å². The van der Waals surface area contributed by atoms with Crippen LogP contribution in [0.25, 0.3) is 12.2 Å². The summed E-state index contributed by atoms with van der Waals surface area (Å²) in [5.41, 5.74) is 1.35. The van der Waals surface area contributed by atoms with E-state index in [4.69, 9.17) is 0 Å². The zero-order valence-corrected chi connectivity index (χ0v) is 7.09. The molecule has 1 aliphatic carbocycles. The second-order valence-corrected chi connectivity index (χ2v) is 3.17. The largest absolute Gasteiger partial charge is 0.348 e. The molecule has 1 aromatic rings. The summed E-state index contributed by atoms with van der Waals surface area (Å²) >= 11 is 0. The Morgan fingerprint density at radius 3 is 2.73 bits per heavy atom. The lowest BCUT2D eigenvalue weighted by molar-refractivity contribution is 0.841. The Morgan fingerprint density at radius 2 is 2.00 bits per heavy atom. The van der Waals surface area contributed by atoms with Crippen LogP contribution in [0.3, 0.4) is 0 Å². The van der Waals surface area contributed by atoms with E-state index in [9.17, 15) is 0 Å². The number of hydrogen-bond acceptors (Lipinski definition) is 0. The molecule has 0 atom stereocenters. The summed E-state index contributed by atoms with van der Waals surface area (Å²) in [7, 11) is 2.13. The van der Waals surface area contributed by atoms with Crippen molar-refractivity contribution in [1.82, 2.24) is 4.57 Å². The number of hydrogen-bond donors (Lipinski definition) is 0. The van der Waals surface area contributed by atoms with Gasteiger partial charge in [-0.25, -0.2) is 0 Å². The number of fused-ring (bicyclic) bond motifs is 1. The molecular weight excluding hydrogens is 134 g/mol. The van der Waals surface area contributed by atoms with Crippen LogP contribution in [-0.2, 0) is 7.05 Å². The van der Waals surface area contributed by atoms with Crippen molar-refractivity contribution in [3.05, 3.63) is 22.3 Å². The monoisotopic (exact) mass is 147 g/mol. The van der Waals surface area contributed by atoms with Crippen molar-refractivity contribution in [1.29, 1.82) is 0 Å². The molecule has 0 spiro atoms. The van der Waals surface area contributed by atoms with Crippen molar-refractivity contribution in [2.75, 3.05) is 0 Å². The van der Waals surface area contributed by atoms with Gasteiger partial charge in [-0.1, -0.05) is 12.2 Å². The standard InChI is InChI=1S/C10H13N/c1-8-7-9-5-3-4-6-10(9)11(8)2/h5-7H,3-4H2,1-2H3. The fraction of sp³-hybridized carbons (Fsp3) is 0.400. The Kier molecular flexibility index (Phi) is 1.38. The Balaban J connectivity index is 2.89. The molecule has 0 aromatic carbocycles. The normalized spacial score (nSPS) is 15.1. The first kappa shape index (κ1) is 6.71. The summed E-state index contributed by atoms with van der Waals surface area (Å²) in [6, 6.07) is 2.25. The molecule has 0 amide bonds. The van der Waals surface area contributed by atoms with Crippen LogP contribution in [0.4, 0.5) is 0 Å². The average Bonchev–Trinajstić information content (AvgIpc) is 2.30. The zero-order valence-electron chi connectivity index (χ0n) is 7.09. The van der Waals surface area contributed by atoms with Crippen molar-refractivity contribution in [2.24, 2.45) is 7.05 Å². The van der Waals surface area contributed by atoms with Crippen molar-refractivity contribution in [2.45, 2.75) is 19.8 Å². The van der Waals surface area contributed by atoms with Crippen LogP contribution in [0.1, 0.15) is 18.5 Å². The van der Waals surface area contributed by atoms with E-state index in [1.807, 2.05) is 0 Å². The SMILES string of the molecule is Cc1cc2c(n1C)=CCCC=2. The quantitative estimate of drug-likeness (QED) is 0.509. The predicted octanol–water partition coefficient (Wildman–Crippen LogP) is 0.688. The minimum Gasteiger partial charge on any atom is -0.348 e. The minimum absolute atomic E-state index is 1.20. The lowest BCUT2D eigenvalue weighted by atomic mass is 10.2. The van der Waals surface area contributed by atoms with Gasteiger partial charge in [0.2, 0.25) is 0 Å². The van der Waals surface area contributed by atoms with Gasteiger partial charge in [0.05, 0.1) is 0 Å². The highest BCUT2D eigenvalue weighted by atomic mass is 14.9. The van der Waals surface area contributed by atoms with Crippen molar-refractivity contribution in [3.63, 3.8) is 0 Å². The van der Waals surface area contributed by atoms with Gasteiger partial charge in [0.15, 0.2) is 0 Å². The maximum atomic E-state index is 2.32. The first-order valence-corrected chi connectivity index (χ1v) is 4.12. The Labute approximate surface area is 66.7 Å². The van der Waals surface area contributed by atoms with Crippen LogP contribution < -0.4 is 10.6 Å². The van der Waals surface area contributed by atoms with E-state index in [1.54, 1.807) is 0 Å². The predicted molar refractivity (Wildman–Crippen MR) is 47.6 cm³/mol. The van der Waals surface area contributed by atoms with Crippen LogP contribution >= 0.6 is 0 Å². The maximum absolute atomic E-state index is 2.32. The molecule has 1 aromatic heterocycles. The van der Waals surface area contributed by atoms with Crippen LogP contribution in [0.5, 0.6) is 0 Å². The van der Waals surface area contributed by atoms with Crippen molar-refractivity contribution < 1.29 is 0 Å². The molecular formula is C10H13N. The van der Waals surface area contributed by atoms with E-state index in [2.05, 4.69) is 36.8 Å². The van der Waals surface area contributed by atoms with E-state index in [1.165, 1.54) is 29.1 Å². The van der Waals surface area contributed by atoms with Gasteiger partial charge < -0.3 is 4.57 Å². The molecule has 1 nitrogen and oxygen atoms in total. The van der Waals surface area contributed by atoms with Gasteiger partial charge in [0.1, 0.15) is 0 Å². The van der Waals surface area contributed by atoms with Gasteiger partial charge in [-0.2, -0.15) is 0 Å². The third-order valence-corrected chi connectivity index (χ3v) is 2.42. The van der Waals surface area contributed by atoms with Gasteiger partial charge in [0.25, 0.3) is 0 Å². The maximum Gasteiger partial charge on any atom is 0.0436 e. The van der Waals surface area contributed by atoms with E-state index < -0.39 is 0 Å². The molecule has 0 N–H and O–H groups in total. The molecule has 0 saturated heterocycles. The van der Waals surface area contributed by atoms with E-state index >= 15 is 0 Å². The molecule has 2 rings (SSSR count). The average molecular weight is 147 g/mol. The van der Waals surface area contributed by atoms with Crippen LogP contribution in [0.2, 0.25) is 0 Å². The molecule has 0 fully saturated rings. The number of aryl methyl sites for hydroxylation is 1. The van der Waals surface area contributed by atoms with Crippen LogP contribution in [0, 0.1) is 6.92 Å². The molecule has 1 aliphatic rings. The minimum atomic E-state index is 1.20. The second kappa shape index (κ2) is 2.26. The highest BCUT2D eigenvalue weighted by molar-refractivity contribution is 5.37. The molecule has 0 aliphatic heterocycles. The molecule has 0 radical (unpaired) electrons. The molecule has 1 heterocycles. The van der Waals surface area contributed by atoms with Gasteiger partial charge in [-0.05, 0) is 31.1 Å². The summed E-state index contributed by atoms with van der Waals surface area (Å²) in [5.74, 6) is 0. The van der Waals surface area contributed by atoms with Crippen LogP contribution in [0.15, 0.2) is 6.07 Å². The molecule has 0 bridgehead atoms. The fourth-order valence-electron chi connectivity index (χ4n) is 1.66. The first-order valence-electron chi connectivity index (χ1n) is 4.12. The summed E-state index contributed by atoms with van der Waals surface area (Å²) in [6.45, 7) is 2.15. The lowest BCUT2D eigenvalue weighted by Gasteiger charge is -1.98. The number of nitrogens with zero attached hydrogens (tertiary/aromatic N) is 1. The molecule has 0 unspecified atom stereocenters. The lowest BCUT2D eigenvalue weighted by Crippen LogP contribution is -2.29. The number of aromatic nitrogens is 1. The highest BCUT2D eigenvalue weighted by Crippen LogP contribution is 1.96. The molecule has 11 heavy (non-hydrogen) atoms. The van der Waals surface area contributed by atoms with Gasteiger partial charge >= 0.3 is 0 Å². The van der Waals surface area contributed by atoms with Gasteiger partial charge in [0, 0.05) is 18.1 Å². The smallest absolute Gasteiger partial charge is 0.0436 e. The summed E-state index contributed by atoms with van der Waals surface area (Å²) in [5, 5.41) is 2.81. The summed E-state index contributed by atoms with van der Waals surface area (Å²) in [6.07, 6.45) is 7.05. The number of rotatable bonds is 0. The third kappa shape index (κ3) is 0.917. The third-order valence-electron chi connectivity index (χ3n) is 2.42. The van der Waals surface area contributed by atoms with Crippen LogP contribution in [-0.4, -0.2) is 4.57 Å². The summed E-state index contributed by atoms with van der Waals surface area (Å²) in [4.78, 5) is 0. The molecule has 58 valence electrons. The fourth-order valence-corrected chi connectivity index (χ4v) is 1.66. The zero-order chi connectivity index (χ0) is 7.84. The Morgan fingerprint density at radius 1 is 1.27 bits per heavy atom. The van der Waals surface area contributed by atoms with E-state index in [0.717, 1.165) is 0 Å². The second-order valence-electron chi connectivity index (χ2n) is 3.17. The molecule has 1 heteroatoms. The van der Waals surface area contributed by atoms with E-state index in [0.29, 0.717) is 0 Å². The van der Waals surface area contributed by atoms with E-state index in [-0.39, 0.29) is 0 Å². The molecule has 0 saturated carbocycles. The van der Waals surface area contributed by atoms with Crippen molar-refractivity contribution >= 4 is 12.2 Å². The Bertz CT molecular complexity index is 382. The van der Waals surface area contributed by atoms with Gasteiger partial charge in [-0.3, -0.25) is 0 Å². The first-order chi connectivity index (χ1) is 5.29. The summed E-state index contributed by atoms with van der Waals surface area (Å²) < 4.78 is 2.25.